The van der Waals surface area contributed by atoms with Crippen LogP contribution in [0, 0.1) is 11.6 Å². The Morgan fingerprint density at radius 2 is 1.76 bits per heavy atom. The van der Waals surface area contributed by atoms with E-state index in [1.807, 2.05) is 36.4 Å². The fourth-order valence-electron chi connectivity index (χ4n) is 2.69. The SMILES string of the molecule is CCN(C(=O)COc1cccc2ccccc12)c1ccc(F)c(F)c1. The molecule has 0 atom stereocenters. The Balaban J connectivity index is 1.77. The molecule has 0 spiro atoms. The van der Waals surface area contributed by atoms with Gasteiger partial charge in [0.1, 0.15) is 5.75 Å². The van der Waals surface area contributed by atoms with Crippen LogP contribution in [-0.4, -0.2) is 19.1 Å². The molecule has 3 aromatic rings. The van der Waals surface area contributed by atoms with Gasteiger partial charge in [0.15, 0.2) is 18.2 Å². The third-order valence-corrected chi connectivity index (χ3v) is 3.93. The van der Waals surface area contributed by atoms with Gasteiger partial charge in [0, 0.05) is 23.7 Å². The summed E-state index contributed by atoms with van der Waals surface area (Å²) >= 11 is 0. The van der Waals surface area contributed by atoms with Crippen molar-refractivity contribution in [3.05, 3.63) is 72.3 Å². The number of rotatable bonds is 5. The number of hydrogen-bond donors (Lipinski definition) is 0. The van der Waals surface area contributed by atoms with E-state index in [0.29, 0.717) is 18.0 Å². The van der Waals surface area contributed by atoms with E-state index in [1.165, 1.54) is 11.0 Å². The molecule has 0 aliphatic heterocycles. The van der Waals surface area contributed by atoms with Gasteiger partial charge < -0.3 is 9.64 Å². The maximum Gasteiger partial charge on any atom is 0.264 e. The molecule has 0 heterocycles. The van der Waals surface area contributed by atoms with Crippen LogP contribution in [0.15, 0.2) is 60.7 Å². The maximum absolute atomic E-state index is 13.4. The van der Waals surface area contributed by atoms with Crippen LogP contribution >= 0.6 is 0 Å². The summed E-state index contributed by atoms with van der Waals surface area (Å²) in [6, 6.07) is 16.7. The monoisotopic (exact) mass is 341 g/mol. The third-order valence-electron chi connectivity index (χ3n) is 3.93. The minimum atomic E-state index is -0.987. The number of halogens is 2. The van der Waals surface area contributed by atoms with Crippen LogP contribution in [0.25, 0.3) is 10.8 Å². The van der Waals surface area contributed by atoms with Crippen LogP contribution in [-0.2, 0) is 4.79 Å². The zero-order chi connectivity index (χ0) is 17.8. The fraction of sp³-hybridized carbons (Fsp3) is 0.150. The smallest absolute Gasteiger partial charge is 0.264 e. The number of hydrogen-bond acceptors (Lipinski definition) is 2. The first-order valence-electron chi connectivity index (χ1n) is 7.96. The Bertz CT molecular complexity index is 906. The average Bonchev–Trinajstić information content (AvgIpc) is 2.63. The molecule has 1 amide bonds. The molecule has 0 bridgehead atoms. The maximum atomic E-state index is 13.4. The minimum Gasteiger partial charge on any atom is -0.483 e. The van der Waals surface area contributed by atoms with Crippen LogP contribution in [0.3, 0.4) is 0 Å². The van der Waals surface area contributed by atoms with Gasteiger partial charge in [-0.25, -0.2) is 8.78 Å². The summed E-state index contributed by atoms with van der Waals surface area (Å²) in [5, 5.41) is 1.93. The molecule has 3 aromatic carbocycles. The molecule has 0 saturated heterocycles. The van der Waals surface area contributed by atoms with Crippen LogP contribution in [0.2, 0.25) is 0 Å². The van der Waals surface area contributed by atoms with E-state index >= 15 is 0 Å². The number of ether oxygens (including phenoxy) is 1. The van der Waals surface area contributed by atoms with Gasteiger partial charge in [-0.1, -0.05) is 36.4 Å². The van der Waals surface area contributed by atoms with Crippen molar-refractivity contribution in [1.29, 1.82) is 0 Å². The van der Waals surface area contributed by atoms with Crippen molar-refractivity contribution >= 4 is 22.4 Å². The molecule has 3 rings (SSSR count). The molecule has 0 aliphatic rings. The first kappa shape index (κ1) is 16.9. The summed E-state index contributed by atoms with van der Waals surface area (Å²) in [5.41, 5.74) is 0.299. The van der Waals surface area contributed by atoms with Crippen LogP contribution in [0.1, 0.15) is 6.92 Å². The number of amides is 1. The fourth-order valence-corrected chi connectivity index (χ4v) is 2.69. The summed E-state index contributed by atoms with van der Waals surface area (Å²) in [6.45, 7) is 1.89. The number of fused-ring (bicyclic) bond motifs is 1. The highest BCUT2D eigenvalue weighted by Crippen LogP contribution is 2.25. The van der Waals surface area contributed by atoms with Crippen LogP contribution < -0.4 is 9.64 Å². The Morgan fingerprint density at radius 3 is 2.52 bits per heavy atom. The lowest BCUT2D eigenvalue weighted by molar-refractivity contribution is -0.120. The van der Waals surface area contributed by atoms with Crippen molar-refractivity contribution in [2.75, 3.05) is 18.1 Å². The average molecular weight is 341 g/mol. The second kappa shape index (κ2) is 7.30. The third kappa shape index (κ3) is 3.60. The van der Waals surface area contributed by atoms with Gasteiger partial charge in [-0.3, -0.25) is 4.79 Å². The largest absolute Gasteiger partial charge is 0.483 e. The van der Waals surface area contributed by atoms with Crippen molar-refractivity contribution in [1.82, 2.24) is 0 Å². The summed E-state index contributed by atoms with van der Waals surface area (Å²) in [4.78, 5) is 13.8. The molecule has 128 valence electrons. The number of carbonyl (C=O) groups excluding carboxylic acids is 1. The summed E-state index contributed by atoms with van der Waals surface area (Å²) in [6.07, 6.45) is 0. The molecule has 0 aliphatic carbocycles. The second-order valence-electron chi connectivity index (χ2n) is 5.50. The van der Waals surface area contributed by atoms with Gasteiger partial charge in [0.05, 0.1) is 0 Å². The van der Waals surface area contributed by atoms with E-state index in [9.17, 15) is 13.6 Å². The first-order valence-corrected chi connectivity index (χ1v) is 7.96. The molecule has 0 aromatic heterocycles. The Morgan fingerprint density at radius 1 is 1.00 bits per heavy atom. The molecule has 0 fully saturated rings. The highest BCUT2D eigenvalue weighted by atomic mass is 19.2. The lowest BCUT2D eigenvalue weighted by Gasteiger charge is -2.21. The van der Waals surface area contributed by atoms with Crippen molar-refractivity contribution in [3.63, 3.8) is 0 Å². The normalized spacial score (nSPS) is 10.7. The van der Waals surface area contributed by atoms with E-state index < -0.39 is 11.6 Å². The predicted octanol–water partition coefficient (Wildman–Crippen LogP) is 4.55. The zero-order valence-corrected chi connectivity index (χ0v) is 13.7. The highest BCUT2D eigenvalue weighted by molar-refractivity contribution is 5.95. The quantitative estimate of drug-likeness (QED) is 0.681. The summed E-state index contributed by atoms with van der Waals surface area (Å²) in [7, 11) is 0. The molecule has 0 saturated carbocycles. The number of carbonyl (C=O) groups is 1. The molecule has 5 heteroatoms. The van der Waals surface area contributed by atoms with Gasteiger partial charge in [-0.2, -0.15) is 0 Å². The van der Waals surface area contributed by atoms with Gasteiger partial charge in [-0.05, 0) is 30.5 Å². The van der Waals surface area contributed by atoms with E-state index in [4.69, 9.17) is 4.74 Å². The second-order valence-corrected chi connectivity index (χ2v) is 5.50. The molecular formula is C20H17F2NO2. The van der Waals surface area contributed by atoms with Gasteiger partial charge in [0.25, 0.3) is 5.91 Å². The molecular weight excluding hydrogens is 324 g/mol. The van der Waals surface area contributed by atoms with Crippen molar-refractivity contribution in [2.24, 2.45) is 0 Å². The Hall–Kier alpha value is -2.95. The lowest BCUT2D eigenvalue weighted by atomic mass is 10.1. The summed E-state index contributed by atoms with van der Waals surface area (Å²) in [5.74, 6) is -1.66. The summed E-state index contributed by atoms with van der Waals surface area (Å²) < 4.78 is 32.2. The van der Waals surface area contributed by atoms with Crippen molar-refractivity contribution in [3.8, 4) is 5.75 Å². The zero-order valence-electron chi connectivity index (χ0n) is 13.7. The number of anilines is 1. The van der Waals surface area contributed by atoms with Crippen LogP contribution in [0.4, 0.5) is 14.5 Å². The molecule has 0 unspecified atom stereocenters. The molecule has 25 heavy (non-hydrogen) atoms. The van der Waals surface area contributed by atoms with Gasteiger partial charge in [-0.15, -0.1) is 0 Å². The minimum absolute atomic E-state index is 0.194. The van der Waals surface area contributed by atoms with E-state index in [0.717, 1.165) is 22.9 Å². The number of benzene rings is 3. The molecule has 0 radical (unpaired) electrons. The Labute approximate surface area is 144 Å². The standard InChI is InChI=1S/C20H17F2NO2/c1-2-23(15-10-11-17(21)18(22)12-15)20(24)13-25-19-9-5-7-14-6-3-4-8-16(14)19/h3-12H,2,13H2,1H3. The molecule has 3 nitrogen and oxygen atoms in total. The number of likely N-dealkylation sites (N-methyl/N-ethyl adjacent to an activating group) is 1. The van der Waals surface area contributed by atoms with E-state index in [2.05, 4.69) is 0 Å². The molecule has 0 N–H and O–H groups in total. The number of nitrogens with zero attached hydrogens (tertiary/aromatic N) is 1. The lowest BCUT2D eigenvalue weighted by Crippen LogP contribution is -2.34. The van der Waals surface area contributed by atoms with E-state index in [1.54, 1.807) is 13.0 Å². The van der Waals surface area contributed by atoms with Gasteiger partial charge in [0.2, 0.25) is 0 Å². The topological polar surface area (TPSA) is 29.5 Å². The van der Waals surface area contributed by atoms with E-state index in [-0.39, 0.29) is 12.5 Å². The Kier molecular flexibility index (Phi) is 4.93. The van der Waals surface area contributed by atoms with Gasteiger partial charge >= 0.3 is 0 Å². The predicted molar refractivity (Wildman–Crippen MR) is 93.8 cm³/mol. The first-order chi connectivity index (χ1) is 12.1. The van der Waals surface area contributed by atoms with Crippen LogP contribution in [0.5, 0.6) is 5.75 Å². The highest BCUT2D eigenvalue weighted by Gasteiger charge is 2.17. The van der Waals surface area contributed by atoms with Crippen molar-refractivity contribution in [2.45, 2.75) is 6.92 Å². The van der Waals surface area contributed by atoms with Crippen molar-refractivity contribution < 1.29 is 18.3 Å².